The van der Waals surface area contributed by atoms with Gasteiger partial charge in [-0.3, -0.25) is 0 Å². The molecule has 1 aromatic rings. The Labute approximate surface area is 404 Å². The van der Waals surface area contributed by atoms with Gasteiger partial charge in [-0.05, 0) is 128 Å². The van der Waals surface area contributed by atoms with Gasteiger partial charge in [0.2, 0.25) is 0 Å². The van der Waals surface area contributed by atoms with E-state index in [1.54, 1.807) is 12.1 Å². The number of esters is 1. The van der Waals surface area contributed by atoms with Gasteiger partial charge in [0.1, 0.15) is 30.5 Å². The van der Waals surface area contributed by atoms with Gasteiger partial charge in [-0.25, -0.2) is 4.79 Å². The number of unbranched alkanes of at least 4 members (excludes halogenated alkanes) is 1. The molecule has 13 heteroatoms. The second-order valence-electron chi connectivity index (χ2n) is 23.3. The summed E-state index contributed by atoms with van der Waals surface area (Å²) in [7, 11) is -8.85. The van der Waals surface area contributed by atoms with E-state index in [-0.39, 0.29) is 57.7 Å². The van der Waals surface area contributed by atoms with Gasteiger partial charge in [0.05, 0.1) is 23.9 Å². The lowest BCUT2D eigenvalue weighted by Crippen LogP contribution is -2.69. The molecule has 368 valence electrons. The first-order chi connectivity index (χ1) is 29.4. The minimum Gasteiger partial charge on any atom is -0.458 e. The molecule has 0 bridgehead atoms. The van der Waals surface area contributed by atoms with Crippen LogP contribution in [0, 0.1) is 0 Å². The highest BCUT2D eigenvalue weighted by molar-refractivity contribution is 9.11. The first-order valence-electron chi connectivity index (χ1n) is 24.7. The third-order valence-corrected chi connectivity index (χ3v) is 34.0. The molecule has 0 saturated carbocycles. The Balaban J connectivity index is 2.07. The summed E-state index contributed by atoms with van der Waals surface area (Å²) >= 11 is 3.52. The largest absolute Gasteiger partial charge is 0.458 e. The molecule has 2 heterocycles. The molecular weight excluding hydrogens is 933 g/mol. The van der Waals surface area contributed by atoms with E-state index in [4.69, 9.17) is 31.9 Å². The van der Waals surface area contributed by atoms with Crippen molar-refractivity contribution in [2.45, 2.75) is 249 Å². The summed E-state index contributed by atoms with van der Waals surface area (Å²) in [4.78, 5) is 13.1. The van der Waals surface area contributed by atoms with Crippen LogP contribution in [0.4, 0.5) is 0 Å². The fourth-order valence-corrected chi connectivity index (χ4v) is 14.8. The number of hydrogen-bond acceptors (Lipinski definition) is 8. The Morgan fingerprint density at radius 2 is 1.36 bits per heavy atom. The van der Waals surface area contributed by atoms with Crippen molar-refractivity contribution in [3.63, 3.8) is 0 Å². The van der Waals surface area contributed by atoms with E-state index in [0.29, 0.717) is 18.4 Å². The molecule has 8 atom stereocenters. The zero-order valence-electron chi connectivity index (χ0n) is 43.8. The van der Waals surface area contributed by atoms with Crippen LogP contribution in [-0.4, -0.2) is 94.7 Å². The molecule has 0 N–H and O–H groups in total. The van der Waals surface area contributed by atoms with Crippen LogP contribution in [0.2, 0.25) is 72.5 Å². The maximum absolute atomic E-state index is 13.1. The first-order valence-corrected chi connectivity index (χ1v) is 36.7. The Hall–Kier alpha value is -0.722. The summed E-state index contributed by atoms with van der Waals surface area (Å²) in [5.74, 6) is -0.313. The van der Waals surface area contributed by atoms with Crippen molar-refractivity contribution >= 4 is 55.2 Å². The standard InChI is InChI=1S/C51H93BrO8Si4/c1-20-64(21-2,22-3)54-36-35-40-33-34-42-44(55-40)46(59-62(16,17)50(8,9)10)47(60-63(18,19)51(11,12)13)45(57-42)43(58-61(14,15)49(5,6)7)32-28-24-27-31-41(37-38(4)52)56-48(53)39-29-25-23-26-30-39/h23,25-26,28-30,32,40-47H,4,20-22,24,27,31,33-37H2,1-3,5-19H3/b32-28+/t40-,41-,42+,43?,44+,45+,46?,47?/m1/s1. The lowest BCUT2D eigenvalue weighted by Gasteiger charge is -2.56. The number of hydrogen-bond donors (Lipinski definition) is 0. The monoisotopic (exact) mass is 1020 g/mol. The van der Waals surface area contributed by atoms with E-state index >= 15 is 0 Å². The van der Waals surface area contributed by atoms with Gasteiger partial charge in [-0.2, -0.15) is 0 Å². The van der Waals surface area contributed by atoms with Crippen molar-refractivity contribution in [2.75, 3.05) is 6.61 Å². The molecular formula is C51H93BrO8Si4. The van der Waals surface area contributed by atoms with E-state index < -0.39 is 45.5 Å². The van der Waals surface area contributed by atoms with Crippen LogP contribution < -0.4 is 0 Å². The topological polar surface area (TPSA) is 81.7 Å². The minimum atomic E-state index is -2.41. The molecule has 0 aliphatic carbocycles. The fraction of sp³-hybridized carbons (Fsp3) is 0.784. The molecule has 0 radical (unpaired) electrons. The van der Waals surface area contributed by atoms with Crippen molar-refractivity contribution in [1.82, 2.24) is 0 Å². The molecule has 1 aromatic carbocycles. The second-order valence-corrected chi connectivity index (χ2v) is 43.5. The van der Waals surface area contributed by atoms with Crippen LogP contribution in [0.3, 0.4) is 0 Å². The van der Waals surface area contributed by atoms with Crippen molar-refractivity contribution in [2.24, 2.45) is 0 Å². The van der Waals surface area contributed by atoms with Crippen LogP contribution in [0.15, 0.2) is 53.5 Å². The predicted octanol–water partition coefficient (Wildman–Crippen LogP) is 15.1. The van der Waals surface area contributed by atoms with Crippen LogP contribution in [-0.2, 0) is 31.9 Å². The quantitative estimate of drug-likeness (QED) is 0.0464. The SMILES string of the molecule is C=C(Br)C[C@@H](CCC/C=C/C(O[Si](C)(C)C(C)(C)C)[C@@H]1O[C@H]2CC[C@H](CCO[Si](CC)(CC)CC)O[C@@H]2C(O[Si](C)(C)C(C)(C)C)C1O[Si](C)(C)C(C)(C)C)OC(=O)c1ccccc1. The number of halogens is 1. The van der Waals surface area contributed by atoms with Gasteiger partial charge in [0, 0.05) is 13.0 Å². The average molecular weight is 1030 g/mol. The highest BCUT2D eigenvalue weighted by atomic mass is 79.9. The van der Waals surface area contributed by atoms with Gasteiger partial charge in [-0.1, -0.05) is 136 Å². The van der Waals surface area contributed by atoms with Crippen LogP contribution in [0.1, 0.15) is 138 Å². The van der Waals surface area contributed by atoms with E-state index in [0.717, 1.165) is 61.3 Å². The summed E-state index contributed by atoms with van der Waals surface area (Å²) in [5.41, 5.74) is 0.551. The molecule has 64 heavy (non-hydrogen) atoms. The molecule has 3 unspecified atom stereocenters. The smallest absolute Gasteiger partial charge is 0.338 e. The highest BCUT2D eigenvalue weighted by Gasteiger charge is 2.57. The van der Waals surface area contributed by atoms with E-state index in [2.05, 4.69) is 157 Å². The van der Waals surface area contributed by atoms with E-state index in [1.165, 1.54) is 0 Å². The van der Waals surface area contributed by atoms with Crippen LogP contribution in [0.5, 0.6) is 0 Å². The third kappa shape index (κ3) is 15.9. The van der Waals surface area contributed by atoms with Gasteiger partial charge >= 0.3 is 5.97 Å². The zero-order valence-corrected chi connectivity index (χ0v) is 49.4. The Morgan fingerprint density at radius 1 is 0.812 bits per heavy atom. The molecule has 2 fully saturated rings. The Kier molecular flexibility index (Phi) is 21.4. The predicted molar refractivity (Wildman–Crippen MR) is 282 cm³/mol. The van der Waals surface area contributed by atoms with Crippen molar-refractivity contribution in [3.05, 3.63) is 59.1 Å². The normalized spacial score (nSPS) is 24.0. The lowest BCUT2D eigenvalue weighted by atomic mass is 9.87. The molecule has 0 spiro atoms. The number of ether oxygens (including phenoxy) is 3. The second kappa shape index (κ2) is 23.7. The van der Waals surface area contributed by atoms with E-state index in [1.807, 2.05) is 18.2 Å². The highest BCUT2D eigenvalue weighted by Crippen LogP contribution is 2.47. The first kappa shape index (κ1) is 57.6. The average Bonchev–Trinajstić information content (AvgIpc) is 3.18. The zero-order chi connectivity index (χ0) is 48.5. The third-order valence-electron chi connectivity index (χ3n) is 15.6. The van der Waals surface area contributed by atoms with E-state index in [9.17, 15) is 4.79 Å². The van der Waals surface area contributed by atoms with Gasteiger partial charge in [0.25, 0.3) is 0 Å². The maximum atomic E-state index is 13.1. The molecule has 0 amide bonds. The summed E-state index contributed by atoms with van der Waals surface area (Å²) in [6.45, 7) is 46.5. The Morgan fingerprint density at radius 3 is 1.88 bits per heavy atom. The molecule has 2 aliphatic rings. The number of rotatable bonds is 23. The number of fused-ring (bicyclic) bond motifs is 1. The summed E-state index contributed by atoms with van der Waals surface area (Å²) < 4.78 is 51.2. The van der Waals surface area contributed by atoms with Crippen LogP contribution in [0.25, 0.3) is 0 Å². The number of benzene rings is 1. The number of allylic oxidation sites excluding steroid dienone is 1. The van der Waals surface area contributed by atoms with Gasteiger partial charge < -0.3 is 31.9 Å². The maximum Gasteiger partial charge on any atom is 0.338 e. The van der Waals surface area contributed by atoms with Crippen molar-refractivity contribution in [3.8, 4) is 0 Å². The fourth-order valence-electron chi connectivity index (χ4n) is 7.89. The number of carbonyl (C=O) groups excluding carboxylic acids is 1. The molecule has 2 saturated heterocycles. The molecule has 3 rings (SSSR count). The summed E-state index contributed by atoms with van der Waals surface area (Å²) in [6.07, 6.45) is 7.81. The molecule has 8 nitrogen and oxygen atoms in total. The van der Waals surface area contributed by atoms with Gasteiger partial charge in [0.15, 0.2) is 33.3 Å². The lowest BCUT2D eigenvalue weighted by molar-refractivity contribution is -0.267. The van der Waals surface area contributed by atoms with Crippen molar-refractivity contribution in [1.29, 1.82) is 0 Å². The molecule has 0 aromatic heterocycles. The minimum absolute atomic E-state index is 0.0282. The summed E-state index contributed by atoms with van der Waals surface area (Å²) in [5, 5.41) is -0.113. The van der Waals surface area contributed by atoms with Gasteiger partial charge in [-0.15, -0.1) is 0 Å². The summed E-state index contributed by atoms with van der Waals surface area (Å²) in [6, 6.07) is 12.6. The molecule has 2 aliphatic heterocycles. The van der Waals surface area contributed by atoms with Crippen molar-refractivity contribution < 1.29 is 36.7 Å². The van der Waals surface area contributed by atoms with Crippen LogP contribution >= 0.6 is 15.9 Å². The number of carbonyl (C=O) groups is 1. The Bertz CT molecular complexity index is 1620.